The number of ether oxygens (including phenoxy) is 2. The van der Waals surface area contributed by atoms with Gasteiger partial charge >= 0.3 is 0 Å². The molecule has 3 rings (SSSR count). The van der Waals surface area contributed by atoms with E-state index in [9.17, 15) is 0 Å². The second-order valence-corrected chi connectivity index (χ2v) is 5.39. The molecule has 1 aromatic carbocycles. The highest BCUT2D eigenvalue weighted by atomic mass is 16.6. The maximum absolute atomic E-state index is 5.94. The molecule has 2 unspecified atom stereocenters. The molecule has 2 saturated heterocycles. The van der Waals surface area contributed by atoms with E-state index in [0.29, 0.717) is 6.04 Å². The number of hydrogen-bond acceptors (Lipinski definition) is 3. The summed E-state index contributed by atoms with van der Waals surface area (Å²) in [6.07, 6.45) is 3.24. The predicted molar refractivity (Wildman–Crippen MR) is 70.4 cm³/mol. The Morgan fingerprint density at radius 1 is 1.22 bits per heavy atom. The molecule has 3 nitrogen and oxygen atoms in total. The molecule has 0 aromatic heterocycles. The Balaban J connectivity index is 1.54. The van der Waals surface area contributed by atoms with Crippen molar-refractivity contribution in [1.29, 1.82) is 0 Å². The molecule has 2 aliphatic rings. The summed E-state index contributed by atoms with van der Waals surface area (Å²) in [4.78, 5) is 0. The van der Waals surface area contributed by atoms with Crippen LogP contribution in [0.1, 0.15) is 24.8 Å². The lowest BCUT2D eigenvalue weighted by Crippen LogP contribution is -2.47. The summed E-state index contributed by atoms with van der Waals surface area (Å²) in [5.41, 5.74) is 1.35. The van der Waals surface area contributed by atoms with Crippen LogP contribution in [-0.4, -0.2) is 31.5 Å². The molecule has 3 heteroatoms. The number of nitrogens with one attached hydrogen (secondary N) is 1. The van der Waals surface area contributed by atoms with Crippen LogP contribution in [0.5, 0.6) is 0 Å². The third kappa shape index (κ3) is 2.74. The minimum absolute atomic E-state index is 0.00655. The largest absolute Gasteiger partial charge is 0.378 e. The van der Waals surface area contributed by atoms with Gasteiger partial charge in [-0.25, -0.2) is 0 Å². The van der Waals surface area contributed by atoms with E-state index >= 15 is 0 Å². The summed E-state index contributed by atoms with van der Waals surface area (Å²) in [6, 6.07) is 11.1. The Labute approximate surface area is 108 Å². The van der Waals surface area contributed by atoms with Crippen LogP contribution in [0, 0.1) is 0 Å². The van der Waals surface area contributed by atoms with Gasteiger partial charge in [0.1, 0.15) is 0 Å². The standard InChI is InChI=1S/C15H21NO2/c1-2-4-13(5-3-1)11-16-14-6-8-18-15(10-14)7-9-17-12-15/h1-5,14,16H,6-12H2. The Bertz CT molecular complexity index is 373. The lowest BCUT2D eigenvalue weighted by molar-refractivity contribution is -0.0894. The number of benzene rings is 1. The second kappa shape index (κ2) is 5.39. The molecule has 2 heterocycles. The van der Waals surface area contributed by atoms with E-state index in [1.54, 1.807) is 0 Å². The van der Waals surface area contributed by atoms with Gasteiger partial charge in [0.15, 0.2) is 0 Å². The van der Waals surface area contributed by atoms with E-state index < -0.39 is 0 Å². The molecule has 2 aliphatic heterocycles. The lowest BCUT2D eigenvalue weighted by atomic mass is 9.89. The molecule has 2 atom stereocenters. The average Bonchev–Trinajstić information content (AvgIpc) is 2.86. The van der Waals surface area contributed by atoms with Crippen molar-refractivity contribution < 1.29 is 9.47 Å². The van der Waals surface area contributed by atoms with Gasteiger partial charge in [0.2, 0.25) is 0 Å². The van der Waals surface area contributed by atoms with Crippen molar-refractivity contribution in [3.63, 3.8) is 0 Å². The van der Waals surface area contributed by atoms with Crippen LogP contribution in [-0.2, 0) is 16.0 Å². The van der Waals surface area contributed by atoms with Gasteiger partial charge in [-0.1, -0.05) is 30.3 Å². The summed E-state index contributed by atoms with van der Waals surface area (Å²) in [5, 5.41) is 3.65. The molecule has 1 spiro atoms. The summed E-state index contributed by atoms with van der Waals surface area (Å²) in [6.45, 7) is 3.43. The molecule has 2 fully saturated rings. The Hall–Kier alpha value is -0.900. The smallest absolute Gasteiger partial charge is 0.0951 e. The zero-order valence-electron chi connectivity index (χ0n) is 10.7. The Morgan fingerprint density at radius 2 is 2.11 bits per heavy atom. The molecule has 18 heavy (non-hydrogen) atoms. The number of rotatable bonds is 3. The van der Waals surface area contributed by atoms with Crippen LogP contribution in [0.15, 0.2) is 30.3 Å². The molecule has 0 radical (unpaired) electrons. The molecule has 1 aromatic rings. The van der Waals surface area contributed by atoms with E-state index in [1.807, 2.05) is 0 Å². The Kier molecular flexibility index (Phi) is 3.64. The van der Waals surface area contributed by atoms with Gasteiger partial charge < -0.3 is 14.8 Å². The average molecular weight is 247 g/mol. The zero-order valence-corrected chi connectivity index (χ0v) is 10.7. The molecular formula is C15H21NO2. The highest BCUT2D eigenvalue weighted by molar-refractivity contribution is 5.14. The van der Waals surface area contributed by atoms with E-state index in [2.05, 4.69) is 35.6 Å². The summed E-state index contributed by atoms with van der Waals surface area (Å²) in [7, 11) is 0. The second-order valence-electron chi connectivity index (χ2n) is 5.39. The monoisotopic (exact) mass is 247 g/mol. The summed E-state index contributed by atoms with van der Waals surface area (Å²) >= 11 is 0. The highest BCUT2D eigenvalue weighted by Gasteiger charge is 2.40. The van der Waals surface area contributed by atoms with Gasteiger partial charge in [-0.2, -0.15) is 0 Å². The molecule has 98 valence electrons. The maximum atomic E-state index is 5.94. The summed E-state index contributed by atoms with van der Waals surface area (Å²) in [5.74, 6) is 0. The van der Waals surface area contributed by atoms with Crippen LogP contribution < -0.4 is 5.32 Å². The van der Waals surface area contributed by atoms with Crippen molar-refractivity contribution in [2.45, 2.75) is 37.5 Å². The van der Waals surface area contributed by atoms with Gasteiger partial charge in [-0.05, 0) is 18.4 Å². The first-order valence-corrected chi connectivity index (χ1v) is 6.85. The fourth-order valence-electron chi connectivity index (χ4n) is 2.92. The first kappa shape index (κ1) is 12.2. The van der Waals surface area contributed by atoms with Crippen LogP contribution in [0.25, 0.3) is 0 Å². The zero-order chi connectivity index (χ0) is 12.3. The van der Waals surface area contributed by atoms with Crippen molar-refractivity contribution in [3.05, 3.63) is 35.9 Å². The van der Waals surface area contributed by atoms with Crippen molar-refractivity contribution in [1.82, 2.24) is 5.32 Å². The van der Waals surface area contributed by atoms with E-state index in [-0.39, 0.29) is 5.60 Å². The molecule has 0 amide bonds. The van der Waals surface area contributed by atoms with Gasteiger partial charge in [0.25, 0.3) is 0 Å². The lowest BCUT2D eigenvalue weighted by Gasteiger charge is -2.37. The molecule has 1 N–H and O–H groups in total. The van der Waals surface area contributed by atoms with Crippen molar-refractivity contribution in [3.8, 4) is 0 Å². The van der Waals surface area contributed by atoms with Crippen LogP contribution >= 0.6 is 0 Å². The molecule has 0 aliphatic carbocycles. The SMILES string of the molecule is c1ccc(CNC2CCOC3(CCOC3)C2)cc1. The van der Waals surface area contributed by atoms with E-state index in [1.165, 1.54) is 5.56 Å². The van der Waals surface area contributed by atoms with E-state index in [0.717, 1.165) is 45.6 Å². The van der Waals surface area contributed by atoms with Crippen LogP contribution in [0.2, 0.25) is 0 Å². The van der Waals surface area contributed by atoms with Crippen LogP contribution in [0.3, 0.4) is 0 Å². The van der Waals surface area contributed by atoms with Gasteiger partial charge in [0, 0.05) is 32.2 Å². The highest BCUT2D eigenvalue weighted by Crippen LogP contribution is 2.32. The van der Waals surface area contributed by atoms with Gasteiger partial charge in [0.05, 0.1) is 12.2 Å². The van der Waals surface area contributed by atoms with Crippen molar-refractivity contribution in [2.75, 3.05) is 19.8 Å². The van der Waals surface area contributed by atoms with Crippen molar-refractivity contribution >= 4 is 0 Å². The Morgan fingerprint density at radius 3 is 2.89 bits per heavy atom. The first-order chi connectivity index (χ1) is 8.86. The fourth-order valence-corrected chi connectivity index (χ4v) is 2.92. The van der Waals surface area contributed by atoms with Crippen LogP contribution in [0.4, 0.5) is 0 Å². The minimum atomic E-state index is 0.00655. The van der Waals surface area contributed by atoms with E-state index in [4.69, 9.17) is 9.47 Å². The van der Waals surface area contributed by atoms with Gasteiger partial charge in [-0.15, -0.1) is 0 Å². The first-order valence-electron chi connectivity index (χ1n) is 6.85. The predicted octanol–water partition coefficient (Wildman–Crippen LogP) is 2.11. The topological polar surface area (TPSA) is 30.5 Å². The molecule has 0 saturated carbocycles. The number of hydrogen-bond donors (Lipinski definition) is 1. The third-order valence-corrected chi connectivity index (χ3v) is 4.00. The quantitative estimate of drug-likeness (QED) is 0.887. The van der Waals surface area contributed by atoms with Gasteiger partial charge in [-0.3, -0.25) is 0 Å². The fraction of sp³-hybridized carbons (Fsp3) is 0.600. The minimum Gasteiger partial charge on any atom is -0.378 e. The normalized spacial score (nSPS) is 31.9. The molecular weight excluding hydrogens is 226 g/mol. The third-order valence-electron chi connectivity index (χ3n) is 4.00. The maximum Gasteiger partial charge on any atom is 0.0951 e. The molecule has 0 bridgehead atoms. The van der Waals surface area contributed by atoms with Crippen molar-refractivity contribution in [2.24, 2.45) is 0 Å². The summed E-state index contributed by atoms with van der Waals surface area (Å²) < 4.78 is 11.4.